The number of allylic oxidation sites excluding steroid dienone is 1. The van der Waals surface area contributed by atoms with Crippen LogP contribution >= 0.6 is 0 Å². The van der Waals surface area contributed by atoms with E-state index in [1.165, 1.54) is 5.69 Å². The number of piperidine rings is 1. The Morgan fingerprint density at radius 3 is 2.50 bits per heavy atom. The van der Waals surface area contributed by atoms with Crippen molar-refractivity contribution < 1.29 is 9.59 Å². The van der Waals surface area contributed by atoms with Gasteiger partial charge in [-0.3, -0.25) is 9.59 Å². The third-order valence-electron chi connectivity index (χ3n) is 5.35. The highest BCUT2D eigenvalue weighted by Crippen LogP contribution is 2.34. The molecule has 0 spiro atoms. The zero-order valence-corrected chi connectivity index (χ0v) is 14.9. The molecule has 0 bridgehead atoms. The lowest BCUT2D eigenvalue weighted by molar-refractivity contribution is -0.114. The molecule has 4 rings (SSSR count). The number of benzene rings is 2. The molecule has 2 aliphatic rings. The summed E-state index contributed by atoms with van der Waals surface area (Å²) in [5.74, 6) is -0.758. The molecule has 2 aromatic rings. The molecule has 0 atom stereocenters. The summed E-state index contributed by atoms with van der Waals surface area (Å²) in [6.45, 7) is 7.76. The van der Waals surface area contributed by atoms with E-state index in [4.69, 9.17) is 0 Å². The Bertz CT molecular complexity index is 895. The van der Waals surface area contributed by atoms with Crippen molar-refractivity contribution >= 4 is 28.6 Å². The molecule has 0 aromatic heterocycles. The highest BCUT2D eigenvalue weighted by Gasteiger charge is 2.40. The summed E-state index contributed by atoms with van der Waals surface area (Å²) in [4.78, 5) is 28.8. The number of hydrogen-bond donors (Lipinski definition) is 0. The van der Waals surface area contributed by atoms with Gasteiger partial charge in [-0.15, -0.1) is 0 Å². The lowest BCUT2D eigenvalue weighted by Gasteiger charge is -2.37. The van der Waals surface area contributed by atoms with Crippen molar-refractivity contribution in [1.82, 2.24) is 0 Å². The molecule has 1 saturated heterocycles. The Morgan fingerprint density at radius 2 is 1.77 bits per heavy atom. The molecule has 26 heavy (non-hydrogen) atoms. The van der Waals surface area contributed by atoms with E-state index in [2.05, 4.69) is 35.7 Å². The normalized spacial score (nSPS) is 17.6. The van der Waals surface area contributed by atoms with Crippen molar-refractivity contribution in [2.75, 3.05) is 22.9 Å². The Morgan fingerprint density at radius 1 is 1.04 bits per heavy atom. The fourth-order valence-electron chi connectivity index (χ4n) is 3.92. The second kappa shape index (κ2) is 6.45. The minimum atomic E-state index is -0.381. The van der Waals surface area contributed by atoms with E-state index >= 15 is 0 Å². The number of hydrogen-bond acceptors (Lipinski definition) is 3. The number of ketones is 1. The number of carbonyl (C=O) groups excluding carboxylic acids is 2. The van der Waals surface area contributed by atoms with Gasteiger partial charge in [-0.1, -0.05) is 36.4 Å². The van der Waals surface area contributed by atoms with Crippen LogP contribution in [0.5, 0.6) is 0 Å². The van der Waals surface area contributed by atoms with Crippen LogP contribution in [0.2, 0.25) is 0 Å². The third kappa shape index (κ3) is 2.71. The zero-order chi connectivity index (χ0) is 18.3. The maximum atomic E-state index is 12.5. The van der Waals surface area contributed by atoms with Crippen LogP contribution in [-0.4, -0.2) is 30.8 Å². The van der Waals surface area contributed by atoms with Crippen molar-refractivity contribution in [2.24, 2.45) is 0 Å². The number of fused-ring (bicyclic) bond motifs is 1. The van der Waals surface area contributed by atoms with Crippen LogP contribution in [0.1, 0.15) is 35.7 Å². The molecule has 1 fully saturated rings. The third-order valence-corrected chi connectivity index (χ3v) is 5.35. The number of para-hydroxylation sites is 1. The van der Waals surface area contributed by atoms with E-state index in [0.717, 1.165) is 42.8 Å². The Labute approximate surface area is 153 Å². The van der Waals surface area contributed by atoms with Gasteiger partial charge in [0.25, 0.3) is 11.7 Å². The molecular weight excluding hydrogens is 324 g/mol. The van der Waals surface area contributed by atoms with Gasteiger partial charge in [-0.05, 0) is 49.6 Å². The SMILES string of the molecule is C=C(C)c1cccc(N2CCC(N3C(=O)C(=O)c4ccccc43)CC2)c1. The van der Waals surface area contributed by atoms with Gasteiger partial charge in [0.1, 0.15) is 0 Å². The molecule has 0 radical (unpaired) electrons. The maximum Gasteiger partial charge on any atom is 0.299 e. The van der Waals surface area contributed by atoms with Crippen LogP contribution in [0, 0.1) is 0 Å². The average Bonchev–Trinajstić information content (AvgIpc) is 2.93. The number of carbonyl (C=O) groups is 2. The molecular formula is C22H22N2O2. The van der Waals surface area contributed by atoms with Crippen molar-refractivity contribution in [3.63, 3.8) is 0 Å². The van der Waals surface area contributed by atoms with Crippen LogP contribution in [0.15, 0.2) is 55.1 Å². The lowest BCUT2D eigenvalue weighted by atomic mass is 10.0. The standard InChI is InChI=1S/C22H22N2O2/c1-15(2)16-6-5-7-18(14-16)23-12-10-17(11-13-23)24-20-9-4-3-8-19(20)21(25)22(24)26/h3-9,14,17H,1,10-13H2,2H3. The molecule has 132 valence electrons. The maximum absolute atomic E-state index is 12.5. The minimum Gasteiger partial charge on any atom is -0.371 e. The van der Waals surface area contributed by atoms with E-state index in [0.29, 0.717) is 5.56 Å². The van der Waals surface area contributed by atoms with E-state index < -0.39 is 0 Å². The fraction of sp³-hybridized carbons (Fsp3) is 0.273. The van der Waals surface area contributed by atoms with Gasteiger partial charge in [0.05, 0.1) is 11.3 Å². The molecule has 1 amide bonds. The number of anilines is 2. The molecule has 4 heteroatoms. The number of nitrogens with zero attached hydrogens (tertiary/aromatic N) is 2. The predicted molar refractivity (Wildman–Crippen MR) is 105 cm³/mol. The molecule has 4 nitrogen and oxygen atoms in total. The first-order valence-corrected chi connectivity index (χ1v) is 9.04. The molecule has 2 heterocycles. The highest BCUT2D eigenvalue weighted by atomic mass is 16.2. The fourth-order valence-corrected chi connectivity index (χ4v) is 3.92. The molecule has 2 aromatic carbocycles. The van der Waals surface area contributed by atoms with Crippen LogP contribution in [0.4, 0.5) is 11.4 Å². The lowest BCUT2D eigenvalue weighted by Crippen LogP contribution is -2.47. The molecule has 2 aliphatic heterocycles. The topological polar surface area (TPSA) is 40.6 Å². The van der Waals surface area contributed by atoms with Crippen LogP contribution in [0.3, 0.4) is 0 Å². The van der Waals surface area contributed by atoms with E-state index in [-0.39, 0.29) is 17.7 Å². The number of rotatable bonds is 3. The van der Waals surface area contributed by atoms with Crippen molar-refractivity contribution in [1.29, 1.82) is 0 Å². The first-order chi connectivity index (χ1) is 12.6. The van der Waals surface area contributed by atoms with Crippen LogP contribution in [0.25, 0.3) is 5.57 Å². The Balaban J connectivity index is 1.51. The quantitative estimate of drug-likeness (QED) is 0.791. The second-order valence-electron chi connectivity index (χ2n) is 7.07. The second-order valence-corrected chi connectivity index (χ2v) is 7.07. The monoisotopic (exact) mass is 346 g/mol. The summed E-state index contributed by atoms with van der Waals surface area (Å²) in [5.41, 5.74) is 4.70. The minimum absolute atomic E-state index is 0.0793. The Hall–Kier alpha value is -2.88. The average molecular weight is 346 g/mol. The van der Waals surface area contributed by atoms with E-state index in [1.807, 2.05) is 25.1 Å². The van der Waals surface area contributed by atoms with Gasteiger partial charge in [0.2, 0.25) is 0 Å². The predicted octanol–water partition coefficient (Wildman–Crippen LogP) is 3.92. The van der Waals surface area contributed by atoms with Gasteiger partial charge in [0.15, 0.2) is 0 Å². The summed E-state index contributed by atoms with van der Waals surface area (Å²) in [6.07, 6.45) is 1.70. The van der Waals surface area contributed by atoms with Crippen molar-refractivity contribution in [2.45, 2.75) is 25.8 Å². The zero-order valence-electron chi connectivity index (χ0n) is 14.9. The van der Waals surface area contributed by atoms with E-state index in [1.54, 1.807) is 11.0 Å². The van der Waals surface area contributed by atoms with Crippen LogP contribution < -0.4 is 9.80 Å². The van der Waals surface area contributed by atoms with Crippen molar-refractivity contribution in [3.05, 3.63) is 66.2 Å². The highest BCUT2D eigenvalue weighted by molar-refractivity contribution is 6.52. The van der Waals surface area contributed by atoms with Crippen molar-refractivity contribution in [3.8, 4) is 0 Å². The smallest absolute Gasteiger partial charge is 0.299 e. The molecule has 0 saturated carbocycles. The summed E-state index contributed by atoms with van der Waals surface area (Å²) in [7, 11) is 0. The molecule has 0 N–H and O–H groups in total. The van der Waals surface area contributed by atoms with Gasteiger partial charge in [-0.2, -0.15) is 0 Å². The van der Waals surface area contributed by atoms with Crippen LogP contribution in [-0.2, 0) is 4.79 Å². The van der Waals surface area contributed by atoms with Gasteiger partial charge < -0.3 is 9.80 Å². The first-order valence-electron chi connectivity index (χ1n) is 9.04. The molecule has 0 aliphatic carbocycles. The first kappa shape index (κ1) is 16.6. The largest absolute Gasteiger partial charge is 0.371 e. The van der Waals surface area contributed by atoms with Gasteiger partial charge in [0, 0.05) is 24.8 Å². The summed E-state index contributed by atoms with van der Waals surface area (Å²) < 4.78 is 0. The Kier molecular flexibility index (Phi) is 4.11. The number of amides is 1. The summed E-state index contributed by atoms with van der Waals surface area (Å²) in [6, 6.07) is 15.8. The molecule has 0 unspecified atom stereocenters. The summed E-state index contributed by atoms with van der Waals surface area (Å²) >= 11 is 0. The van der Waals surface area contributed by atoms with E-state index in [9.17, 15) is 9.59 Å². The van der Waals surface area contributed by atoms with Gasteiger partial charge >= 0.3 is 0 Å². The summed E-state index contributed by atoms with van der Waals surface area (Å²) in [5, 5.41) is 0. The van der Waals surface area contributed by atoms with Gasteiger partial charge in [-0.25, -0.2) is 0 Å². The number of Topliss-reactive ketones (excluding diaryl/α,β-unsaturated/α-hetero) is 1.